The van der Waals surface area contributed by atoms with Crippen LogP contribution in [0.25, 0.3) is 0 Å². The Bertz CT molecular complexity index is 1050. The van der Waals surface area contributed by atoms with Crippen LogP contribution in [0.2, 0.25) is 0 Å². The van der Waals surface area contributed by atoms with E-state index in [1.165, 1.54) is 12.1 Å². The molecule has 1 saturated carbocycles. The van der Waals surface area contributed by atoms with Crippen molar-refractivity contribution < 1.29 is 14.0 Å². The number of hydrogen-bond donors (Lipinski definition) is 1. The lowest BCUT2D eigenvalue weighted by Crippen LogP contribution is -2.31. The standard InChI is InChI=1S/C25H24FN3O2/c26-21-5-3-4-19(14-21)17-29(25(31)20-9-10-20)23-11-7-18(8-12-23)15-24(30)28-16-22-6-1-2-13-27-22/h1-8,11-14,20H,9-10,15-17H2,(H,28,30). The molecule has 158 valence electrons. The highest BCUT2D eigenvalue weighted by Gasteiger charge is 2.34. The number of hydrogen-bond acceptors (Lipinski definition) is 3. The molecule has 0 saturated heterocycles. The van der Waals surface area contributed by atoms with E-state index in [1.54, 1.807) is 17.2 Å². The minimum Gasteiger partial charge on any atom is -0.350 e. The van der Waals surface area contributed by atoms with Gasteiger partial charge in [0, 0.05) is 17.8 Å². The maximum atomic E-state index is 13.6. The Kier molecular flexibility index (Phi) is 6.36. The number of rotatable bonds is 8. The van der Waals surface area contributed by atoms with Gasteiger partial charge in [-0.1, -0.05) is 30.3 Å². The summed E-state index contributed by atoms with van der Waals surface area (Å²) in [5.74, 6) is -0.303. The summed E-state index contributed by atoms with van der Waals surface area (Å²) in [6.45, 7) is 0.700. The van der Waals surface area contributed by atoms with E-state index in [2.05, 4.69) is 10.3 Å². The van der Waals surface area contributed by atoms with Crippen molar-refractivity contribution in [3.05, 3.63) is 95.6 Å². The summed E-state index contributed by atoms with van der Waals surface area (Å²) in [5, 5.41) is 2.86. The highest BCUT2D eigenvalue weighted by atomic mass is 19.1. The Balaban J connectivity index is 1.41. The molecule has 2 aromatic carbocycles. The van der Waals surface area contributed by atoms with Crippen molar-refractivity contribution in [2.45, 2.75) is 32.4 Å². The lowest BCUT2D eigenvalue weighted by atomic mass is 10.1. The largest absolute Gasteiger partial charge is 0.350 e. The van der Waals surface area contributed by atoms with Crippen LogP contribution in [0, 0.1) is 11.7 Å². The zero-order valence-electron chi connectivity index (χ0n) is 17.1. The number of benzene rings is 2. The van der Waals surface area contributed by atoms with Crippen molar-refractivity contribution >= 4 is 17.5 Å². The van der Waals surface area contributed by atoms with E-state index in [1.807, 2.05) is 48.5 Å². The van der Waals surface area contributed by atoms with E-state index in [-0.39, 0.29) is 30.0 Å². The Labute approximate surface area is 180 Å². The highest BCUT2D eigenvalue weighted by Crippen LogP contribution is 2.33. The minimum atomic E-state index is -0.316. The molecule has 1 fully saturated rings. The molecule has 1 N–H and O–H groups in total. The topological polar surface area (TPSA) is 62.3 Å². The first kappa shape index (κ1) is 20.7. The van der Waals surface area contributed by atoms with Gasteiger partial charge >= 0.3 is 0 Å². The quantitative estimate of drug-likeness (QED) is 0.602. The maximum absolute atomic E-state index is 13.6. The second kappa shape index (κ2) is 9.51. The second-order valence-corrected chi connectivity index (χ2v) is 7.77. The van der Waals surface area contributed by atoms with Crippen molar-refractivity contribution in [1.29, 1.82) is 0 Å². The first-order chi connectivity index (χ1) is 15.1. The molecular formula is C25H24FN3O2. The van der Waals surface area contributed by atoms with Crippen molar-refractivity contribution in [1.82, 2.24) is 10.3 Å². The molecule has 3 aromatic rings. The summed E-state index contributed by atoms with van der Waals surface area (Å²) in [6.07, 6.45) is 3.73. The predicted octanol–water partition coefficient (Wildman–Crippen LogP) is 4.02. The van der Waals surface area contributed by atoms with Crippen LogP contribution in [0.1, 0.15) is 29.7 Å². The van der Waals surface area contributed by atoms with Gasteiger partial charge in [-0.25, -0.2) is 4.39 Å². The zero-order chi connectivity index (χ0) is 21.6. The highest BCUT2D eigenvalue weighted by molar-refractivity contribution is 5.96. The van der Waals surface area contributed by atoms with Gasteiger partial charge in [0.15, 0.2) is 0 Å². The Hall–Kier alpha value is -3.54. The third kappa shape index (κ3) is 5.75. The number of halogens is 1. The van der Waals surface area contributed by atoms with Gasteiger partial charge in [-0.05, 0) is 60.4 Å². The number of aromatic nitrogens is 1. The minimum absolute atomic E-state index is 0.0469. The molecule has 0 aliphatic heterocycles. The van der Waals surface area contributed by atoms with E-state index in [0.29, 0.717) is 13.1 Å². The van der Waals surface area contributed by atoms with Crippen LogP contribution < -0.4 is 10.2 Å². The number of nitrogens with one attached hydrogen (secondary N) is 1. The van der Waals surface area contributed by atoms with Gasteiger partial charge in [0.05, 0.1) is 25.2 Å². The van der Waals surface area contributed by atoms with Crippen LogP contribution in [-0.2, 0) is 29.1 Å². The molecule has 31 heavy (non-hydrogen) atoms. The maximum Gasteiger partial charge on any atom is 0.230 e. The van der Waals surface area contributed by atoms with E-state index < -0.39 is 0 Å². The molecule has 5 nitrogen and oxygen atoms in total. The van der Waals surface area contributed by atoms with Gasteiger partial charge in [-0.2, -0.15) is 0 Å². The molecule has 0 spiro atoms. The van der Waals surface area contributed by atoms with E-state index in [4.69, 9.17) is 0 Å². The van der Waals surface area contributed by atoms with Gasteiger partial charge < -0.3 is 10.2 Å². The molecule has 2 amide bonds. The fourth-order valence-electron chi connectivity index (χ4n) is 3.40. The van der Waals surface area contributed by atoms with Crippen molar-refractivity contribution in [3.63, 3.8) is 0 Å². The average molecular weight is 417 g/mol. The Morgan fingerprint density at radius 2 is 1.81 bits per heavy atom. The molecule has 0 radical (unpaired) electrons. The number of nitrogens with zero attached hydrogens (tertiary/aromatic N) is 2. The van der Waals surface area contributed by atoms with Crippen LogP contribution in [0.5, 0.6) is 0 Å². The summed E-state index contributed by atoms with van der Waals surface area (Å²) in [5.41, 5.74) is 3.15. The third-order valence-corrected chi connectivity index (χ3v) is 5.23. The number of anilines is 1. The van der Waals surface area contributed by atoms with E-state index in [0.717, 1.165) is 35.3 Å². The molecule has 1 heterocycles. The number of carbonyl (C=O) groups excluding carboxylic acids is 2. The number of pyridine rings is 1. The van der Waals surface area contributed by atoms with E-state index in [9.17, 15) is 14.0 Å². The average Bonchev–Trinajstić information content (AvgIpc) is 3.63. The summed E-state index contributed by atoms with van der Waals surface area (Å²) in [4.78, 5) is 31.0. The molecule has 0 atom stereocenters. The fourth-order valence-corrected chi connectivity index (χ4v) is 3.40. The smallest absolute Gasteiger partial charge is 0.230 e. The molecular weight excluding hydrogens is 393 g/mol. The van der Waals surface area contributed by atoms with E-state index >= 15 is 0 Å². The molecule has 4 rings (SSSR count). The third-order valence-electron chi connectivity index (χ3n) is 5.23. The van der Waals surface area contributed by atoms with Gasteiger partial charge in [-0.15, -0.1) is 0 Å². The van der Waals surface area contributed by atoms with Gasteiger partial charge in [-0.3, -0.25) is 14.6 Å². The normalized spacial score (nSPS) is 12.9. The van der Waals surface area contributed by atoms with Gasteiger partial charge in [0.2, 0.25) is 11.8 Å². The first-order valence-corrected chi connectivity index (χ1v) is 10.4. The number of carbonyl (C=O) groups is 2. The molecule has 1 aromatic heterocycles. The molecule has 1 aliphatic rings. The summed E-state index contributed by atoms with van der Waals surface area (Å²) >= 11 is 0. The molecule has 6 heteroatoms. The molecule has 0 bridgehead atoms. The van der Waals surface area contributed by atoms with Crippen molar-refractivity contribution in [2.75, 3.05) is 4.90 Å². The second-order valence-electron chi connectivity index (χ2n) is 7.77. The SMILES string of the molecule is O=C(Cc1ccc(N(Cc2cccc(F)c2)C(=O)C2CC2)cc1)NCc1ccccn1. The van der Waals surface area contributed by atoms with Crippen LogP contribution in [0.3, 0.4) is 0 Å². The van der Waals surface area contributed by atoms with Crippen LogP contribution in [0.4, 0.5) is 10.1 Å². The van der Waals surface area contributed by atoms with Crippen LogP contribution in [-0.4, -0.2) is 16.8 Å². The summed E-state index contributed by atoms with van der Waals surface area (Å²) < 4.78 is 13.6. The van der Waals surface area contributed by atoms with Crippen molar-refractivity contribution in [3.8, 4) is 0 Å². The Morgan fingerprint density at radius 3 is 2.48 bits per heavy atom. The summed E-state index contributed by atoms with van der Waals surface area (Å²) in [7, 11) is 0. The molecule has 0 unspecified atom stereocenters. The van der Waals surface area contributed by atoms with Crippen LogP contribution in [0.15, 0.2) is 72.9 Å². The predicted molar refractivity (Wildman–Crippen MR) is 117 cm³/mol. The Morgan fingerprint density at radius 1 is 1.00 bits per heavy atom. The fraction of sp³-hybridized carbons (Fsp3) is 0.240. The zero-order valence-corrected chi connectivity index (χ0v) is 17.1. The monoisotopic (exact) mass is 417 g/mol. The molecule has 1 aliphatic carbocycles. The lowest BCUT2D eigenvalue weighted by molar-refractivity contribution is -0.121. The summed E-state index contributed by atoms with van der Waals surface area (Å²) in [6, 6.07) is 19.3. The van der Waals surface area contributed by atoms with Crippen LogP contribution >= 0.6 is 0 Å². The van der Waals surface area contributed by atoms with Gasteiger partial charge in [0.25, 0.3) is 0 Å². The van der Waals surface area contributed by atoms with Crippen molar-refractivity contribution in [2.24, 2.45) is 5.92 Å². The van der Waals surface area contributed by atoms with Gasteiger partial charge in [0.1, 0.15) is 5.82 Å². The lowest BCUT2D eigenvalue weighted by Gasteiger charge is -2.23. The first-order valence-electron chi connectivity index (χ1n) is 10.4. The number of amides is 2.